The quantitative estimate of drug-likeness (QED) is 0.713. The molecule has 1 aliphatic heterocycles. The fraction of sp³-hybridized carbons (Fsp3) is 0.381. The zero-order valence-electron chi connectivity index (χ0n) is 15.7. The molecule has 8 heteroatoms. The lowest BCUT2D eigenvalue weighted by Gasteiger charge is -2.14. The van der Waals surface area contributed by atoms with Gasteiger partial charge in [-0.05, 0) is 42.7 Å². The Bertz CT molecular complexity index is 802. The average molecular weight is 409 g/mol. The van der Waals surface area contributed by atoms with Crippen molar-refractivity contribution in [2.75, 3.05) is 19.8 Å². The molecule has 2 aromatic rings. The number of carbonyl (C=O) groups is 1. The normalized spacial score (nSPS) is 16.4. The predicted octanol–water partition coefficient (Wildman–Crippen LogP) is 4.12. The number of hydrogen-bond acceptors (Lipinski definition) is 4. The third kappa shape index (κ3) is 6.67. The summed E-state index contributed by atoms with van der Waals surface area (Å²) in [6, 6.07) is 13.0. The van der Waals surface area contributed by atoms with Gasteiger partial charge in [0.25, 0.3) is 5.91 Å². The molecule has 0 bridgehead atoms. The molecule has 0 radical (unpaired) electrons. The van der Waals surface area contributed by atoms with E-state index in [9.17, 15) is 18.0 Å². The van der Waals surface area contributed by atoms with Gasteiger partial charge >= 0.3 is 6.18 Å². The van der Waals surface area contributed by atoms with Gasteiger partial charge in [-0.15, -0.1) is 0 Å². The highest BCUT2D eigenvalue weighted by Gasteiger charge is 2.28. The van der Waals surface area contributed by atoms with Crippen LogP contribution in [-0.4, -0.2) is 38.0 Å². The lowest BCUT2D eigenvalue weighted by Crippen LogP contribution is -2.24. The minimum atomic E-state index is -4.38. The Hall–Kier alpha value is -2.74. The second-order valence-electron chi connectivity index (χ2n) is 6.67. The summed E-state index contributed by atoms with van der Waals surface area (Å²) < 4.78 is 52.5. The van der Waals surface area contributed by atoms with Gasteiger partial charge < -0.3 is 19.5 Å². The summed E-state index contributed by atoms with van der Waals surface area (Å²) in [6.07, 6.45) is -2.39. The van der Waals surface area contributed by atoms with Gasteiger partial charge in [-0.25, -0.2) is 0 Å². The molecule has 29 heavy (non-hydrogen) atoms. The van der Waals surface area contributed by atoms with E-state index >= 15 is 0 Å². The molecule has 1 amide bonds. The van der Waals surface area contributed by atoms with Gasteiger partial charge in [-0.1, -0.05) is 24.3 Å². The van der Waals surface area contributed by atoms with Crippen molar-refractivity contribution in [1.82, 2.24) is 5.32 Å². The number of carbonyl (C=O) groups excluding carboxylic acids is 1. The van der Waals surface area contributed by atoms with Gasteiger partial charge in [0.05, 0.1) is 11.7 Å². The van der Waals surface area contributed by atoms with Crippen LogP contribution in [0.3, 0.4) is 0 Å². The van der Waals surface area contributed by atoms with Crippen molar-refractivity contribution in [3.63, 3.8) is 0 Å². The van der Waals surface area contributed by atoms with Gasteiger partial charge in [0.1, 0.15) is 18.1 Å². The topological polar surface area (TPSA) is 56.8 Å². The lowest BCUT2D eigenvalue weighted by molar-refractivity contribution is -0.153. The van der Waals surface area contributed by atoms with Crippen molar-refractivity contribution in [3.8, 4) is 11.5 Å². The van der Waals surface area contributed by atoms with Crippen molar-refractivity contribution in [2.45, 2.75) is 31.7 Å². The molecule has 0 spiro atoms. The molecule has 1 N–H and O–H groups in total. The van der Waals surface area contributed by atoms with E-state index in [1.165, 1.54) is 12.1 Å². The molecule has 0 saturated carbocycles. The molecular formula is C21H22F3NO4. The molecule has 1 heterocycles. The molecule has 1 aliphatic rings. The van der Waals surface area contributed by atoms with Crippen LogP contribution in [0.4, 0.5) is 13.2 Å². The van der Waals surface area contributed by atoms with Crippen LogP contribution in [0.1, 0.15) is 28.8 Å². The van der Waals surface area contributed by atoms with Crippen LogP contribution in [0.2, 0.25) is 0 Å². The zero-order valence-corrected chi connectivity index (χ0v) is 15.7. The summed E-state index contributed by atoms with van der Waals surface area (Å²) in [4.78, 5) is 12.5. The van der Waals surface area contributed by atoms with E-state index in [1.54, 1.807) is 36.4 Å². The minimum Gasteiger partial charge on any atom is -0.490 e. The molecule has 2 aromatic carbocycles. The fourth-order valence-electron chi connectivity index (χ4n) is 2.88. The van der Waals surface area contributed by atoms with Crippen molar-refractivity contribution in [3.05, 3.63) is 59.7 Å². The third-order valence-electron chi connectivity index (χ3n) is 4.36. The van der Waals surface area contributed by atoms with E-state index in [0.717, 1.165) is 25.0 Å². The Morgan fingerprint density at radius 2 is 1.86 bits per heavy atom. The van der Waals surface area contributed by atoms with E-state index in [2.05, 4.69) is 10.1 Å². The summed E-state index contributed by atoms with van der Waals surface area (Å²) in [5.41, 5.74) is 1.14. The van der Waals surface area contributed by atoms with Crippen LogP contribution in [0.15, 0.2) is 48.5 Å². The summed E-state index contributed by atoms with van der Waals surface area (Å²) in [6.45, 7) is 0.00406. The van der Waals surface area contributed by atoms with Crippen LogP contribution < -0.4 is 14.8 Å². The summed E-state index contributed by atoms with van der Waals surface area (Å²) in [7, 11) is 0. The van der Waals surface area contributed by atoms with Gasteiger partial charge in [-0.2, -0.15) is 13.2 Å². The number of alkyl halides is 3. The standard InChI is InChI=1S/C21H22F3NO4/c22-21(23,24)14-29-16-9-7-15(8-10-16)12-25-20(26)18-5-1-2-6-19(18)28-13-17-4-3-11-27-17/h1-2,5-10,17H,3-4,11-14H2,(H,25,26). The Balaban J connectivity index is 1.52. The molecule has 1 unspecified atom stereocenters. The van der Waals surface area contributed by atoms with Crippen molar-refractivity contribution < 1.29 is 32.2 Å². The molecule has 1 atom stereocenters. The number of para-hydroxylation sites is 1. The second kappa shape index (κ2) is 9.65. The Kier molecular flexibility index (Phi) is 6.98. The SMILES string of the molecule is O=C(NCc1ccc(OCC(F)(F)F)cc1)c1ccccc1OCC1CCCO1. The molecule has 156 valence electrons. The largest absolute Gasteiger partial charge is 0.490 e. The zero-order chi connectivity index (χ0) is 20.7. The van der Waals surface area contributed by atoms with E-state index in [0.29, 0.717) is 17.9 Å². The van der Waals surface area contributed by atoms with E-state index in [-0.39, 0.29) is 24.3 Å². The molecule has 1 saturated heterocycles. The minimum absolute atomic E-state index is 0.0456. The number of benzene rings is 2. The molecule has 0 aromatic heterocycles. The Morgan fingerprint density at radius 1 is 1.10 bits per heavy atom. The maximum Gasteiger partial charge on any atom is 0.422 e. The average Bonchev–Trinajstić information content (AvgIpc) is 3.23. The fourth-order valence-corrected chi connectivity index (χ4v) is 2.88. The number of ether oxygens (including phenoxy) is 3. The highest BCUT2D eigenvalue weighted by Crippen LogP contribution is 2.21. The smallest absolute Gasteiger partial charge is 0.422 e. The van der Waals surface area contributed by atoms with Crippen LogP contribution in [0, 0.1) is 0 Å². The van der Waals surface area contributed by atoms with Gasteiger partial charge in [-0.3, -0.25) is 4.79 Å². The number of rotatable bonds is 8. The number of halogens is 3. The van der Waals surface area contributed by atoms with Crippen LogP contribution >= 0.6 is 0 Å². The first-order chi connectivity index (χ1) is 13.9. The van der Waals surface area contributed by atoms with Crippen LogP contribution in [-0.2, 0) is 11.3 Å². The van der Waals surface area contributed by atoms with Crippen molar-refractivity contribution in [1.29, 1.82) is 0 Å². The van der Waals surface area contributed by atoms with E-state index < -0.39 is 12.8 Å². The van der Waals surface area contributed by atoms with Crippen molar-refractivity contribution in [2.24, 2.45) is 0 Å². The van der Waals surface area contributed by atoms with Gasteiger partial charge in [0.2, 0.25) is 0 Å². The lowest BCUT2D eigenvalue weighted by atomic mass is 10.1. The van der Waals surface area contributed by atoms with Crippen molar-refractivity contribution >= 4 is 5.91 Å². The Labute approximate surface area is 166 Å². The first-order valence-corrected chi connectivity index (χ1v) is 9.31. The van der Waals surface area contributed by atoms with Crippen LogP contribution in [0.25, 0.3) is 0 Å². The second-order valence-corrected chi connectivity index (χ2v) is 6.67. The maximum absolute atomic E-state index is 12.5. The highest BCUT2D eigenvalue weighted by atomic mass is 19.4. The Morgan fingerprint density at radius 3 is 2.55 bits per heavy atom. The molecule has 5 nitrogen and oxygen atoms in total. The predicted molar refractivity (Wildman–Crippen MR) is 100 cm³/mol. The highest BCUT2D eigenvalue weighted by molar-refractivity contribution is 5.96. The monoisotopic (exact) mass is 409 g/mol. The number of amides is 1. The number of nitrogens with one attached hydrogen (secondary N) is 1. The molecular weight excluding hydrogens is 387 g/mol. The summed E-state index contributed by atoms with van der Waals surface area (Å²) in [5, 5.41) is 2.79. The first kappa shape index (κ1) is 21.0. The summed E-state index contributed by atoms with van der Waals surface area (Å²) in [5.74, 6) is 0.298. The third-order valence-corrected chi connectivity index (χ3v) is 4.36. The maximum atomic E-state index is 12.5. The number of hydrogen-bond donors (Lipinski definition) is 1. The van der Waals surface area contributed by atoms with Crippen LogP contribution in [0.5, 0.6) is 11.5 Å². The molecule has 3 rings (SSSR count). The summed E-state index contributed by atoms with van der Waals surface area (Å²) >= 11 is 0. The first-order valence-electron chi connectivity index (χ1n) is 9.31. The van der Waals surface area contributed by atoms with Gasteiger partial charge in [0.15, 0.2) is 6.61 Å². The van der Waals surface area contributed by atoms with Gasteiger partial charge in [0, 0.05) is 13.2 Å². The molecule has 0 aliphatic carbocycles. The van der Waals surface area contributed by atoms with E-state index in [4.69, 9.17) is 9.47 Å². The molecule has 1 fully saturated rings. The van der Waals surface area contributed by atoms with E-state index in [1.807, 2.05) is 0 Å².